The van der Waals surface area contributed by atoms with Gasteiger partial charge in [-0.25, -0.2) is 0 Å². The van der Waals surface area contributed by atoms with Crippen LogP contribution in [0, 0.1) is 13.5 Å². The Morgan fingerprint density at radius 2 is 1.80 bits per heavy atom. The predicted molar refractivity (Wildman–Crippen MR) is 14.9 cm³/mol. The van der Waals surface area contributed by atoms with E-state index in [0.717, 1.165) is 0 Å². The van der Waals surface area contributed by atoms with Gasteiger partial charge in [-0.1, -0.05) is 0 Å². The second-order valence-corrected chi connectivity index (χ2v) is 0.236. The zero-order valence-electron chi connectivity index (χ0n) is 2.59. The quantitative estimate of drug-likeness (QED) is 0.335. The van der Waals surface area contributed by atoms with Gasteiger partial charge < -0.3 is 19.6 Å². The monoisotopic (exact) mass is 114 g/mol. The maximum absolute atomic E-state index is 7.88. The SMILES string of the molecule is [CH-]=C[CH2-].[O]=[Ni]. The van der Waals surface area contributed by atoms with Gasteiger partial charge >= 0.3 is 19.3 Å². The van der Waals surface area contributed by atoms with Crippen molar-refractivity contribution in [3.05, 3.63) is 19.6 Å². The summed E-state index contributed by atoms with van der Waals surface area (Å²) in [5, 5.41) is 0. The molecule has 0 saturated heterocycles. The van der Waals surface area contributed by atoms with Gasteiger partial charge in [0.05, 0.1) is 0 Å². The summed E-state index contributed by atoms with van der Waals surface area (Å²) in [6.45, 7) is 7.75. The zero-order chi connectivity index (χ0) is 4.71. The molecule has 0 unspecified atom stereocenters. The fourth-order valence-electron chi connectivity index (χ4n) is 0. The van der Waals surface area contributed by atoms with Gasteiger partial charge in [0.15, 0.2) is 0 Å². The summed E-state index contributed by atoms with van der Waals surface area (Å²) in [4.78, 5) is 0. The average molecular weight is 115 g/mol. The third kappa shape index (κ3) is 1520. The first-order chi connectivity index (χ1) is 2.41. The molecule has 5 heavy (non-hydrogen) atoms. The summed E-state index contributed by atoms with van der Waals surface area (Å²) in [6.07, 6.45) is 1.25. The third-order valence-electron chi connectivity index (χ3n) is 0. The van der Waals surface area contributed by atoms with Crippen LogP contribution in [0.15, 0.2) is 6.08 Å². The van der Waals surface area contributed by atoms with E-state index in [-0.39, 0.29) is 0 Å². The normalized spacial score (nSPS) is 3.60. The first-order valence-corrected chi connectivity index (χ1v) is 1.27. The molecule has 0 amide bonds. The number of hydrogen-bond acceptors (Lipinski definition) is 1. The van der Waals surface area contributed by atoms with E-state index in [1.165, 1.54) is 6.08 Å². The standard InChI is InChI=1S/C3H4.Ni.O/c1-3-2;;/h1,3H,2H2;;/q-2;;. The zero-order valence-corrected chi connectivity index (χ0v) is 3.57. The molecule has 0 rings (SSSR count). The van der Waals surface area contributed by atoms with Crippen molar-refractivity contribution in [1.29, 1.82) is 0 Å². The molecule has 0 spiro atoms. The molecule has 2 heteroatoms. The van der Waals surface area contributed by atoms with Gasteiger partial charge in [0.25, 0.3) is 0 Å². The van der Waals surface area contributed by atoms with E-state index in [1.54, 1.807) is 0 Å². The topological polar surface area (TPSA) is 17.1 Å². The van der Waals surface area contributed by atoms with Crippen molar-refractivity contribution in [3.63, 3.8) is 0 Å². The van der Waals surface area contributed by atoms with Crippen molar-refractivity contribution in [3.8, 4) is 0 Å². The Labute approximate surface area is 39.6 Å². The Hall–Kier alpha value is -0.0965. The summed E-state index contributed by atoms with van der Waals surface area (Å²) in [5.74, 6) is 0. The van der Waals surface area contributed by atoms with Crippen molar-refractivity contribution in [2.75, 3.05) is 0 Å². The van der Waals surface area contributed by atoms with Crippen molar-refractivity contribution in [1.82, 2.24) is 0 Å². The van der Waals surface area contributed by atoms with Crippen LogP contribution >= 0.6 is 0 Å². The van der Waals surface area contributed by atoms with E-state index in [1.807, 2.05) is 0 Å². The van der Waals surface area contributed by atoms with E-state index < -0.39 is 0 Å². The molecule has 0 N–H and O–H groups in total. The Bertz CT molecular complexity index is 20.9. The molecule has 0 bridgehead atoms. The molecular formula is C3H4NiO-2. The Kier molecular flexibility index (Phi) is 71.5. The molecule has 0 aliphatic heterocycles. The minimum absolute atomic E-state index is 1.25. The van der Waals surface area contributed by atoms with Gasteiger partial charge in [0, 0.05) is 0 Å². The van der Waals surface area contributed by atoms with Gasteiger partial charge in [0.2, 0.25) is 0 Å². The Morgan fingerprint density at radius 3 is 1.80 bits per heavy atom. The predicted octanol–water partition coefficient (Wildman–Crippen LogP) is 0.688. The second kappa shape index (κ2) is 40.3. The van der Waals surface area contributed by atoms with E-state index in [2.05, 4.69) is 28.9 Å². The molecule has 34 valence electrons. The molecule has 0 atom stereocenters. The number of hydrogen-bond donors (Lipinski definition) is 0. The summed E-state index contributed by atoms with van der Waals surface area (Å²) in [7, 11) is 0. The van der Waals surface area contributed by atoms with Gasteiger partial charge in [-0.2, -0.15) is 0 Å². The van der Waals surface area contributed by atoms with Crippen molar-refractivity contribution < 1.29 is 19.3 Å². The van der Waals surface area contributed by atoms with Gasteiger partial charge in [-0.3, -0.25) is 0 Å². The molecule has 0 aromatic rings. The minimum atomic E-state index is 1.25. The van der Waals surface area contributed by atoms with E-state index in [4.69, 9.17) is 3.90 Å². The first kappa shape index (κ1) is 8.86. The second-order valence-electron chi connectivity index (χ2n) is 0.236. The van der Waals surface area contributed by atoms with Crippen molar-refractivity contribution in [2.45, 2.75) is 0 Å². The molecule has 0 aromatic carbocycles. The Morgan fingerprint density at radius 1 is 1.80 bits per heavy atom. The number of rotatable bonds is 0. The molecule has 0 aromatic heterocycles. The first-order valence-electron chi connectivity index (χ1n) is 0.871. The van der Waals surface area contributed by atoms with Crippen LogP contribution in [0.3, 0.4) is 0 Å². The van der Waals surface area contributed by atoms with E-state index in [9.17, 15) is 0 Å². The fraction of sp³-hybridized carbons (Fsp3) is 0. The Balaban J connectivity index is 0. The van der Waals surface area contributed by atoms with E-state index >= 15 is 0 Å². The summed E-state index contributed by atoms with van der Waals surface area (Å²) in [6, 6.07) is 0. The third-order valence-corrected chi connectivity index (χ3v) is 0. The van der Waals surface area contributed by atoms with E-state index in [0.29, 0.717) is 0 Å². The van der Waals surface area contributed by atoms with Crippen molar-refractivity contribution in [2.24, 2.45) is 0 Å². The van der Waals surface area contributed by atoms with Crippen LogP contribution in [0.5, 0.6) is 0 Å². The number of allylic oxidation sites excluding steroid dienone is 1. The molecule has 0 aliphatic carbocycles. The van der Waals surface area contributed by atoms with Crippen LogP contribution in [0.25, 0.3) is 0 Å². The van der Waals surface area contributed by atoms with Gasteiger partial charge in [-0.15, -0.1) is 0 Å². The van der Waals surface area contributed by atoms with Crippen LogP contribution < -0.4 is 0 Å². The molecule has 1 nitrogen and oxygen atoms in total. The molecule has 0 radical (unpaired) electrons. The van der Waals surface area contributed by atoms with Crippen LogP contribution in [0.4, 0.5) is 0 Å². The molecule has 0 heterocycles. The maximum atomic E-state index is 7.88. The molecule has 0 saturated carbocycles. The van der Waals surface area contributed by atoms with Crippen LogP contribution in [-0.2, 0) is 19.3 Å². The average Bonchev–Trinajstić information content (AvgIpc) is 1.46. The van der Waals surface area contributed by atoms with Crippen molar-refractivity contribution >= 4 is 0 Å². The van der Waals surface area contributed by atoms with Crippen LogP contribution in [0.2, 0.25) is 0 Å². The van der Waals surface area contributed by atoms with Crippen LogP contribution in [-0.4, -0.2) is 0 Å². The van der Waals surface area contributed by atoms with Gasteiger partial charge in [-0.05, 0) is 0 Å². The molecule has 0 fully saturated rings. The molecule has 0 aliphatic rings. The summed E-state index contributed by atoms with van der Waals surface area (Å²) < 4.78 is 7.88. The fourth-order valence-corrected chi connectivity index (χ4v) is 0. The van der Waals surface area contributed by atoms with Gasteiger partial charge in [0.1, 0.15) is 0 Å². The summed E-state index contributed by atoms with van der Waals surface area (Å²) in [5.41, 5.74) is 0. The molecular weight excluding hydrogens is 111 g/mol. The summed E-state index contributed by atoms with van der Waals surface area (Å²) >= 11 is 2.62. The van der Waals surface area contributed by atoms with Crippen LogP contribution in [0.1, 0.15) is 0 Å².